The fourth-order valence-corrected chi connectivity index (χ4v) is 2.71. The van der Waals surface area contributed by atoms with E-state index in [1.165, 1.54) is 29.2 Å². The van der Waals surface area contributed by atoms with Gasteiger partial charge in [0, 0.05) is 31.0 Å². The Hall–Kier alpha value is -2.77. The SMILES string of the molecule is O=C1CC2CC(=O)N2C1C(=O)OCc1ccc([N+](=O)[O-])cc1. The van der Waals surface area contributed by atoms with E-state index in [0.717, 1.165) is 0 Å². The number of nitrogens with zero attached hydrogens (tertiary/aromatic N) is 2. The number of ether oxygens (including phenoxy) is 1. The number of β-lactam (4-membered cyclic amide) rings is 1. The van der Waals surface area contributed by atoms with Crippen LogP contribution in [0.25, 0.3) is 0 Å². The second kappa shape index (κ2) is 5.21. The molecule has 2 aliphatic heterocycles. The van der Waals surface area contributed by atoms with Gasteiger partial charge < -0.3 is 9.64 Å². The number of amides is 1. The number of nitro benzene ring substituents is 1. The van der Waals surface area contributed by atoms with Crippen molar-refractivity contribution < 1.29 is 24.0 Å². The topological polar surface area (TPSA) is 107 Å². The Balaban J connectivity index is 1.61. The number of benzene rings is 1. The molecule has 0 aromatic heterocycles. The van der Waals surface area contributed by atoms with Crippen LogP contribution in [0.15, 0.2) is 24.3 Å². The number of hydrogen-bond acceptors (Lipinski definition) is 6. The van der Waals surface area contributed by atoms with Gasteiger partial charge in [-0.25, -0.2) is 4.79 Å². The fourth-order valence-electron chi connectivity index (χ4n) is 2.71. The van der Waals surface area contributed by atoms with Crippen LogP contribution in [0.4, 0.5) is 5.69 Å². The van der Waals surface area contributed by atoms with E-state index in [2.05, 4.69) is 0 Å². The lowest BCUT2D eigenvalue weighted by atomic mass is 10.0. The molecule has 2 saturated heterocycles. The minimum Gasteiger partial charge on any atom is -0.459 e. The Bertz CT molecular complexity index is 668. The number of esters is 1. The van der Waals surface area contributed by atoms with Crippen LogP contribution in [0.3, 0.4) is 0 Å². The first kappa shape index (κ1) is 14.2. The van der Waals surface area contributed by atoms with Gasteiger partial charge in [0.1, 0.15) is 6.61 Å². The Morgan fingerprint density at radius 2 is 1.95 bits per heavy atom. The van der Waals surface area contributed by atoms with E-state index in [1.54, 1.807) is 0 Å². The van der Waals surface area contributed by atoms with Crippen LogP contribution in [0, 0.1) is 10.1 Å². The van der Waals surface area contributed by atoms with Crippen molar-refractivity contribution in [3.63, 3.8) is 0 Å². The zero-order valence-corrected chi connectivity index (χ0v) is 11.4. The molecule has 2 unspecified atom stereocenters. The number of Topliss-reactive ketones (excluding diaryl/α,β-unsaturated/α-hetero) is 1. The Kier molecular flexibility index (Phi) is 3.36. The molecule has 0 aliphatic carbocycles. The highest BCUT2D eigenvalue weighted by Crippen LogP contribution is 2.33. The average Bonchev–Trinajstić information content (AvgIpc) is 2.76. The third-order valence-corrected chi connectivity index (χ3v) is 3.86. The zero-order valence-electron chi connectivity index (χ0n) is 11.4. The van der Waals surface area contributed by atoms with Crippen molar-refractivity contribution in [2.24, 2.45) is 0 Å². The maximum Gasteiger partial charge on any atom is 0.337 e. The van der Waals surface area contributed by atoms with E-state index < -0.39 is 16.9 Å². The van der Waals surface area contributed by atoms with Crippen LogP contribution in [0.5, 0.6) is 0 Å². The van der Waals surface area contributed by atoms with Crippen LogP contribution < -0.4 is 0 Å². The maximum absolute atomic E-state index is 12.0. The first-order valence-corrected chi connectivity index (χ1v) is 6.71. The van der Waals surface area contributed by atoms with E-state index in [4.69, 9.17) is 4.74 Å². The van der Waals surface area contributed by atoms with Gasteiger partial charge in [0.2, 0.25) is 5.91 Å². The summed E-state index contributed by atoms with van der Waals surface area (Å²) in [5.74, 6) is -1.27. The maximum atomic E-state index is 12.0. The number of carbonyl (C=O) groups is 3. The summed E-state index contributed by atoms with van der Waals surface area (Å²) in [5, 5.41) is 10.5. The standard InChI is InChI=1S/C14H12N2O6/c17-11-5-10-6-12(18)15(10)13(11)14(19)22-7-8-1-3-9(4-2-8)16(20)21/h1-4,10,13H,5-7H2. The Morgan fingerprint density at radius 1 is 1.27 bits per heavy atom. The molecule has 114 valence electrons. The van der Waals surface area contributed by atoms with Gasteiger partial charge in [-0.15, -0.1) is 0 Å². The summed E-state index contributed by atoms with van der Waals surface area (Å²) in [6.07, 6.45) is 0.501. The molecule has 3 rings (SSSR count). The highest BCUT2D eigenvalue weighted by molar-refractivity contribution is 6.10. The Labute approximate surface area is 124 Å². The lowest BCUT2D eigenvalue weighted by Gasteiger charge is -2.36. The van der Waals surface area contributed by atoms with Crippen molar-refractivity contribution in [3.8, 4) is 0 Å². The summed E-state index contributed by atoms with van der Waals surface area (Å²) in [4.78, 5) is 46.5. The van der Waals surface area contributed by atoms with Crippen LogP contribution in [-0.4, -0.2) is 39.6 Å². The normalized spacial score (nSPS) is 23.0. The lowest BCUT2D eigenvalue weighted by molar-refractivity contribution is -0.384. The van der Waals surface area contributed by atoms with Gasteiger partial charge in [-0.05, 0) is 17.7 Å². The minimum absolute atomic E-state index is 0.0601. The van der Waals surface area contributed by atoms with Gasteiger partial charge in [-0.1, -0.05) is 0 Å². The van der Waals surface area contributed by atoms with Crippen molar-refractivity contribution >= 4 is 23.3 Å². The molecule has 8 heteroatoms. The predicted molar refractivity (Wildman–Crippen MR) is 71.6 cm³/mol. The van der Waals surface area contributed by atoms with Gasteiger partial charge in [0.15, 0.2) is 11.8 Å². The van der Waals surface area contributed by atoms with E-state index in [9.17, 15) is 24.5 Å². The molecule has 2 fully saturated rings. The molecule has 1 amide bonds. The van der Waals surface area contributed by atoms with E-state index in [0.29, 0.717) is 12.0 Å². The van der Waals surface area contributed by atoms with E-state index >= 15 is 0 Å². The van der Waals surface area contributed by atoms with Gasteiger partial charge in [-0.3, -0.25) is 19.7 Å². The monoisotopic (exact) mass is 304 g/mol. The molecule has 1 aromatic rings. The van der Waals surface area contributed by atoms with Gasteiger partial charge in [0.05, 0.1) is 4.92 Å². The average molecular weight is 304 g/mol. The van der Waals surface area contributed by atoms with Crippen LogP contribution in [0.1, 0.15) is 18.4 Å². The largest absolute Gasteiger partial charge is 0.459 e. The Morgan fingerprint density at radius 3 is 2.55 bits per heavy atom. The summed E-state index contributed by atoms with van der Waals surface area (Å²) >= 11 is 0. The van der Waals surface area contributed by atoms with Crippen molar-refractivity contribution in [2.75, 3.05) is 0 Å². The molecule has 2 atom stereocenters. The number of fused-ring (bicyclic) bond motifs is 1. The number of carbonyl (C=O) groups excluding carboxylic acids is 3. The van der Waals surface area contributed by atoms with Gasteiger partial charge in [-0.2, -0.15) is 0 Å². The number of rotatable bonds is 4. The van der Waals surface area contributed by atoms with Gasteiger partial charge >= 0.3 is 5.97 Å². The first-order chi connectivity index (χ1) is 10.5. The minimum atomic E-state index is -1.13. The third-order valence-electron chi connectivity index (χ3n) is 3.86. The summed E-state index contributed by atoms with van der Waals surface area (Å²) in [6, 6.07) is 4.25. The van der Waals surface area contributed by atoms with E-state index in [1.807, 2.05) is 0 Å². The number of non-ortho nitro benzene ring substituents is 1. The van der Waals surface area contributed by atoms with Crippen LogP contribution in [-0.2, 0) is 25.7 Å². The van der Waals surface area contributed by atoms with E-state index in [-0.39, 0.29) is 36.4 Å². The zero-order chi connectivity index (χ0) is 15.9. The molecule has 0 spiro atoms. The smallest absolute Gasteiger partial charge is 0.337 e. The van der Waals surface area contributed by atoms with Crippen molar-refractivity contribution in [1.82, 2.24) is 4.90 Å². The summed E-state index contributed by atoms with van der Waals surface area (Å²) in [5.41, 5.74) is 0.506. The second-order valence-corrected chi connectivity index (χ2v) is 5.26. The fraction of sp³-hybridized carbons (Fsp3) is 0.357. The molecular formula is C14H12N2O6. The molecule has 0 N–H and O–H groups in total. The number of hydrogen-bond donors (Lipinski definition) is 0. The molecule has 2 aliphatic rings. The van der Waals surface area contributed by atoms with Gasteiger partial charge in [0.25, 0.3) is 5.69 Å². The number of ketones is 1. The summed E-state index contributed by atoms with van der Waals surface area (Å²) in [6.45, 7) is -0.104. The lowest BCUT2D eigenvalue weighted by Crippen LogP contribution is -2.55. The number of nitro groups is 1. The molecule has 0 radical (unpaired) electrons. The highest BCUT2D eigenvalue weighted by Gasteiger charge is 2.54. The second-order valence-electron chi connectivity index (χ2n) is 5.26. The van der Waals surface area contributed by atoms with Crippen molar-refractivity contribution in [1.29, 1.82) is 0 Å². The highest BCUT2D eigenvalue weighted by atomic mass is 16.6. The molecular weight excluding hydrogens is 292 g/mol. The summed E-state index contributed by atoms with van der Waals surface area (Å²) < 4.78 is 5.06. The molecule has 1 aromatic carbocycles. The van der Waals surface area contributed by atoms with Crippen LogP contribution >= 0.6 is 0 Å². The predicted octanol–water partition coefficient (Wildman–Crippen LogP) is 0.580. The third kappa shape index (κ3) is 2.32. The van der Waals surface area contributed by atoms with Crippen molar-refractivity contribution in [2.45, 2.75) is 31.5 Å². The van der Waals surface area contributed by atoms with Crippen molar-refractivity contribution in [3.05, 3.63) is 39.9 Å². The molecule has 8 nitrogen and oxygen atoms in total. The summed E-state index contributed by atoms with van der Waals surface area (Å²) in [7, 11) is 0. The first-order valence-electron chi connectivity index (χ1n) is 6.71. The molecule has 0 bridgehead atoms. The molecule has 0 saturated carbocycles. The molecule has 22 heavy (non-hydrogen) atoms. The molecule has 2 heterocycles. The van der Waals surface area contributed by atoms with Crippen LogP contribution in [0.2, 0.25) is 0 Å². The quantitative estimate of drug-likeness (QED) is 0.265.